The highest BCUT2D eigenvalue weighted by Gasteiger charge is 2.25. The van der Waals surface area contributed by atoms with Gasteiger partial charge in [-0.1, -0.05) is 36.8 Å². The van der Waals surface area contributed by atoms with Gasteiger partial charge >= 0.3 is 0 Å². The third kappa shape index (κ3) is 5.17. The van der Waals surface area contributed by atoms with Crippen LogP contribution in [0.25, 0.3) is 0 Å². The predicted octanol–water partition coefficient (Wildman–Crippen LogP) is 2.24. The summed E-state index contributed by atoms with van der Waals surface area (Å²) in [5, 5.41) is 12.6. The number of rotatable bonds is 7. The van der Waals surface area contributed by atoms with E-state index in [1.807, 2.05) is 18.2 Å². The molecule has 0 radical (unpaired) electrons. The van der Waals surface area contributed by atoms with Gasteiger partial charge in [-0.15, -0.1) is 0 Å². The van der Waals surface area contributed by atoms with Gasteiger partial charge in [0.05, 0.1) is 11.9 Å². The summed E-state index contributed by atoms with van der Waals surface area (Å²) in [7, 11) is 0. The minimum absolute atomic E-state index is 0.0853. The van der Waals surface area contributed by atoms with Crippen LogP contribution in [0.4, 0.5) is 0 Å². The van der Waals surface area contributed by atoms with Gasteiger partial charge in [-0.2, -0.15) is 11.8 Å². The molecule has 1 aromatic carbocycles. The summed E-state index contributed by atoms with van der Waals surface area (Å²) in [5.41, 5.74) is 1.31. The molecule has 0 aromatic heterocycles. The number of amides is 1. The third-order valence-electron chi connectivity index (χ3n) is 3.79. The molecule has 2 rings (SSSR count). The SMILES string of the molecule is O=C(CSCCc1ccccc1)NCC1CCCC1O. The molecule has 1 aliphatic rings. The fourth-order valence-corrected chi connectivity index (χ4v) is 3.36. The van der Waals surface area contributed by atoms with Crippen LogP contribution in [0, 0.1) is 5.92 Å². The number of carbonyl (C=O) groups is 1. The molecule has 2 N–H and O–H groups in total. The lowest BCUT2D eigenvalue weighted by atomic mass is 10.1. The van der Waals surface area contributed by atoms with Crippen LogP contribution < -0.4 is 5.32 Å². The first-order chi connectivity index (χ1) is 9.75. The van der Waals surface area contributed by atoms with Crippen molar-refractivity contribution in [2.75, 3.05) is 18.1 Å². The van der Waals surface area contributed by atoms with E-state index in [4.69, 9.17) is 0 Å². The lowest BCUT2D eigenvalue weighted by molar-refractivity contribution is -0.118. The average Bonchev–Trinajstić information content (AvgIpc) is 2.88. The molecule has 1 aliphatic carbocycles. The van der Waals surface area contributed by atoms with Crippen molar-refractivity contribution in [2.24, 2.45) is 5.92 Å². The Balaban J connectivity index is 1.54. The molecular formula is C16H23NO2S. The van der Waals surface area contributed by atoms with E-state index in [0.29, 0.717) is 12.3 Å². The van der Waals surface area contributed by atoms with Crippen molar-refractivity contribution in [1.82, 2.24) is 5.32 Å². The summed E-state index contributed by atoms with van der Waals surface area (Å²) >= 11 is 1.66. The van der Waals surface area contributed by atoms with E-state index >= 15 is 0 Å². The van der Waals surface area contributed by atoms with Gasteiger partial charge in [0.2, 0.25) is 5.91 Å². The number of hydrogen-bond acceptors (Lipinski definition) is 3. The highest BCUT2D eigenvalue weighted by atomic mass is 32.2. The highest BCUT2D eigenvalue weighted by Crippen LogP contribution is 2.24. The van der Waals surface area contributed by atoms with Crippen LogP contribution >= 0.6 is 11.8 Å². The molecule has 3 nitrogen and oxygen atoms in total. The van der Waals surface area contributed by atoms with Crippen molar-refractivity contribution in [3.8, 4) is 0 Å². The van der Waals surface area contributed by atoms with Crippen molar-refractivity contribution in [2.45, 2.75) is 31.8 Å². The Morgan fingerprint density at radius 1 is 1.30 bits per heavy atom. The van der Waals surface area contributed by atoms with Crippen LogP contribution in [0.3, 0.4) is 0 Å². The van der Waals surface area contributed by atoms with E-state index in [-0.39, 0.29) is 17.9 Å². The quantitative estimate of drug-likeness (QED) is 0.758. The molecule has 2 unspecified atom stereocenters. The monoisotopic (exact) mass is 293 g/mol. The maximum atomic E-state index is 11.7. The van der Waals surface area contributed by atoms with Crippen molar-refractivity contribution in [3.05, 3.63) is 35.9 Å². The first-order valence-electron chi connectivity index (χ1n) is 7.32. The largest absolute Gasteiger partial charge is 0.393 e. The van der Waals surface area contributed by atoms with Crippen LogP contribution in [-0.4, -0.2) is 35.2 Å². The van der Waals surface area contributed by atoms with Gasteiger partial charge in [-0.05, 0) is 30.6 Å². The number of benzene rings is 1. The summed E-state index contributed by atoms with van der Waals surface area (Å²) in [4.78, 5) is 11.7. The lowest BCUT2D eigenvalue weighted by Gasteiger charge is -2.14. The Morgan fingerprint density at radius 2 is 2.10 bits per heavy atom. The van der Waals surface area contributed by atoms with Crippen LogP contribution in [0.2, 0.25) is 0 Å². The van der Waals surface area contributed by atoms with E-state index in [2.05, 4.69) is 17.4 Å². The number of aliphatic hydroxyl groups excluding tert-OH is 1. The van der Waals surface area contributed by atoms with Gasteiger partial charge in [-0.25, -0.2) is 0 Å². The Kier molecular flexibility index (Phi) is 6.40. The van der Waals surface area contributed by atoms with Gasteiger partial charge in [0.1, 0.15) is 0 Å². The van der Waals surface area contributed by atoms with E-state index < -0.39 is 0 Å². The highest BCUT2D eigenvalue weighted by molar-refractivity contribution is 7.99. The Morgan fingerprint density at radius 3 is 2.80 bits per heavy atom. The smallest absolute Gasteiger partial charge is 0.230 e. The topological polar surface area (TPSA) is 49.3 Å². The molecule has 0 spiro atoms. The Labute approximate surface area is 125 Å². The van der Waals surface area contributed by atoms with Crippen LogP contribution in [0.5, 0.6) is 0 Å². The molecule has 4 heteroatoms. The van der Waals surface area contributed by atoms with Gasteiger partial charge in [-0.3, -0.25) is 4.79 Å². The molecule has 20 heavy (non-hydrogen) atoms. The molecular weight excluding hydrogens is 270 g/mol. The minimum Gasteiger partial charge on any atom is -0.393 e. The summed E-state index contributed by atoms with van der Waals surface area (Å²) in [6.45, 7) is 0.624. The van der Waals surface area contributed by atoms with E-state index in [1.165, 1.54) is 5.56 Å². The molecule has 2 atom stereocenters. The zero-order valence-electron chi connectivity index (χ0n) is 11.8. The number of nitrogens with one attached hydrogen (secondary N) is 1. The first kappa shape index (κ1) is 15.4. The normalized spacial score (nSPS) is 21.9. The van der Waals surface area contributed by atoms with Gasteiger partial charge in [0.15, 0.2) is 0 Å². The van der Waals surface area contributed by atoms with Crippen molar-refractivity contribution in [1.29, 1.82) is 0 Å². The second kappa shape index (κ2) is 8.32. The number of thioether (sulfide) groups is 1. The Hall–Kier alpha value is -1.00. The van der Waals surface area contributed by atoms with Crippen molar-refractivity contribution in [3.63, 3.8) is 0 Å². The predicted molar refractivity (Wildman–Crippen MR) is 83.8 cm³/mol. The summed E-state index contributed by atoms with van der Waals surface area (Å²) in [5.74, 6) is 1.81. The van der Waals surface area contributed by atoms with E-state index in [0.717, 1.165) is 31.4 Å². The molecule has 0 aliphatic heterocycles. The molecule has 0 saturated heterocycles. The standard InChI is InChI=1S/C16H23NO2S/c18-15-8-4-7-14(15)11-17-16(19)12-20-10-9-13-5-2-1-3-6-13/h1-3,5-6,14-15,18H,4,7-12H2,(H,17,19). The Bertz CT molecular complexity index is 410. The number of carbonyl (C=O) groups excluding carboxylic acids is 1. The molecule has 1 fully saturated rings. The van der Waals surface area contributed by atoms with Gasteiger partial charge < -0.3 is 10.4 Å². The number of aryl methyl sites for hydroxylation is 1. The number of hydrogen-bond donors (Lipinski definition) is 2. The van der Waals surface area contributed by atoms with Gasteiger partial charge in [0, 0.05) is 12.5 Å². The summed E-state index contributed by atoms with van der Waals surface area (Å²) in [6.07, 6.45) is 3.77. The fourth-order valence-electron chi connectivity index (χ4n) is 2.55. The van der Waals surface area contributed by atoms with Crippen LogP contribution in [-0.2, 0) is 11.2 Å². The molecule has 1 aromatic rings. The third-order valence-corrected chi connectivity index (χ3v) is 4.75. The zero-order valence-corrected chi connectivity index (χ0v) is 12.6. The maximum absolute atomic E-state index is 11.7. The molecule has 1 amide bonds. The first-order valence-corrected chi connectivity index (χ1v) is 8.47. The van der Waals surface area contributed by atoms with Crippen LogP contribution in [0.15, 0.2) is 30.3 Å². The molecule has 0 heterocycles. The summed E-state index contributed by atoms with van der Waals surface area (Å²) < 4.78 is 0. The molecule has 1 saturated carbocycles. The fraction of sp³-hybridized carbons (Fsp3) is 0.562. The van der Waals surface area contributed by atoms with E-state index in [1.54, 1.807) is 11.8 Å². The molecule has 110 valence electrons. The van der Waals surface area contributed by atoms with Gasteiger partial charge in [0.25, 0.3) is 0 Å². The second-order valence-electron chi connectivity index (χ2n) is 5.35. The van der Waals surface area contributed by atoms with Crippen LogP contribution in [0.1, 0.15) is 24.8 Å². The van der Waals surface area contributed by atoms with E-state index in [9.17, 15) is 9.90 Å². The van der Waals surface area contributed by atoms with Crippen molar-refractivity contribution >= 4 is 17.7 Å². The number of aliphatic hydroxyl groups is 1. The second-order valence-corrected chi connectivity index (χ2v) is 6.46. The van der Waals surface area contributed by atoms with Crippen molar-refractivity contribution < 1.29 is 9.90 Å². The maximum Gasteiger partial charge on any atom is 0.230 e. The zero-order chi connectivity index (χ0) is 14.2. The molecule has 0 bridgehead atoms. The summed E-state index contributed by atoms with van der Waals surface area (Å²) in [6, 6.07) is 10.3. The minimum atomic E-state index is -0.221. The average molecular weight is 293 g/mol. The lowest BCUT2D eigenvalue weighted by Crippen LogP contribution is -2.33.